The Labute approximate surface area is 156 Å². The normalized spacial score (nSPS) is 14.9. The number of rotatable bonds is 5. The van der Waals surface area contributed by atoms with E-state index < -0.39 is 17.5 Å². The van der Waals surface area contributed by atoms with E-state index in [-0.39, 0.29) is 18.2 Å². The fraction of sp³-hybridized carbons (Fsp3) is 0.421. The molecular formula is C19H22F2N4O2. The molecule has 2 heterocycles. The molecular weight excluding hydrogens is 354 g/mol. The molecule has 0 saturated carbocycles. The molecule has 0 radical (unpaired) electrons. The number of halogens is 2. The predicted molar refractivity (Wildman–Crippen MR) is 97.9 cm³/mol. The molecule has 0 aliphatic carbocycles. The first-order valence-electron chi connectivity index (χ1n) is 8.89. The maximum absolute atomic E-state index is 13.6. The summed E-state index contributed by atoms with van der Waals surface area (Å²) in [5.41, 5.74) is 0.496. The third-order valence-electron chi connectivity index (χ3n) is 4.44. The highest BCUT2D eigenvalue weighted by molar-refractivity contribution is 5.91. The van der Waals surface area contributed by atoms with E-state index in [1.54, 1.807) is 6.07 Å². The molecule has 1 saturated heterocycles. The Morgan fingerprint density at radius 3 is 2.74 bits per heavy atom. The van der Waals surface area contributed by atoms with Crippen molar-refractivity contribution in [1.82, 2.24) is 9.97 Å². The zero-order valence-electron chi connectivity index (χ0n) is 15.3. The second kappa shape index (κ2) is 8.28. The summed E-state index contributed by atoms with van der Waals surface area (Å²) in [5.74, 6) is -0.430. The Balaban J connectivity index is 1.62. The van der Waals surface area contributed by atoms with Crippen LogP contribution in [0.15, 0.2) is 24.3 Å². The van der Waals surface area contributed by atoms with Gasteiger partial charge in [0.2, 0.25) is 11.8 Å². The molecule has 1 aliphatic rings. The molecule has 6 nitrogen and oxygen atoms in total. The molecule has 0 spiro atoms. The third kappa shape index (κ3) is 5.12. The van der Waals surface area contributed by atoms with Crippen molar-refractivity contribution in [3.05, 3.63) is 41.6 Å². The highest BCUT2D eigenvalue weighted by atomic mass is 19.1. The second-order valence-electron chi connectivity index (χ2n) is 6.78. The van der Waals surface area contributed by atoms with Crippen LogP contribution in [0.3, 0.4) is 0 Å². The lowest BCUT2D eigenvalue weighted by atomic mass is 10.00. The maximum atomic E-state index is 13.6. The van der Waals surface area contributed by atoms with E-state index in [1.807, 2.05) is 6.92 Å². The average molecular weight is 376 g/mol. The summed E-state index contributed by atoms with van der Waals surface area (Å²) < 4.78 is 32.2. The summed E-state index contributed by atoms with van der Waals surface area (Å²) in [6.07, 6.45) is 2.16. The van der Waals surface area contributed by atoms with E-state index in [0.717, 1.165) is 49.8 Å². The molecule has 1 aliphatic heterocycles. The smallest absolute Gasteiger partial charge is 0.262 e. The summed E-state index contributed by atoms with van der Waals surface area (Å²) in [6.45, 7) is 5.44. The van der Waals surface area contributed by atoms with E-state index in [9.17, 15) is 13.6 Å². The van der Waals surface area contributed by atoms with E-state index >= 15 is 0 Å². The predicted octanol–water partition coefficient (Wildman–Crippen LogP) is 3.32. The summed E-state index contributed by atoms with van der Waals surface area (Å²) in [5, 5.41) is 2.29. The Bertz CT molecular complexity index is 823. The summed E-state index contributed by atoms with van der Waals surface area (Å²) >= 11 is 0. The number of carbonyl (C=O) groups is 1. The molecule has 1 fully saturated rings. The summed E-state index contributed by atoms with van der Waals surface area (Å²) in [6, 6.07) is 4.48. The molecule has 2 aromatic rings. The number of aromatic nitrogens is 2. The molecule has 144 valence electrons. The lowest BCUT2D eigenvalue weighted by Gasteiger charge is -2.30. The van der Waals surface area contributed by atoms with Gasteiger partial charge in [-0.15, -0.1) is 0 Å². The van der Waals surface area contributed by atoms with Crippen molar-refractivity contribution >= 4 is 17.5 Å². The quantitative estimate of drug-likeness (QED) is 0.867. The Kier molecular flexibility index (Phi) is 5.83. The van der Waals surface area contributed by atoms with Gasteiger partial charge in [0.1, 0.15) is 11.6 Å². The molecule has 27 heavy (non-hydrogen) atoms. The van der Waals surface area contributed by atoms with Crippen molar-refractivity contribution in [3.8, 4) is 5.88 Å². The van der Waals surface area contributed by atoms with Gasteiger partial charge in [0.25, 0.3) is 5.91 Å². The van der Waals surface area contributed by atoms with Crippen LogP contribution in [0.2, 0.25) is 0 Å². The lowest BCUT2D eigenvalue weighted by molar-refractivity contribution is -0.118. The van der Waals surface area contributed by atoms with Gasteiger partial charge in [-0.2, -0.15) is 4.98 Å². The fourth-order valence-corrected chi connectivity index (χ4v) is 2.87. The van der Waals surface area contributed by atoms with Gasteiger partial charge in [-0.05, 0) is 37.8 Å². The van der Waals surface area contributed by atoms with Crippen molar-refractivity contribution < 1.29 is 18.3 Å². The Hall–Kier alpha value is -2.77. The number of hydrogen-bond donors (Lipinski definition) is 1. The van der Waals surface area contributed by atoms with Crippen LogP contribution in [0.1, 0.15) is 25.5 Å². The molecule has 0 atom stereocenters. The number of amides is 1. The number of hydrogen-bond acceptors (Lipinski definition) is 5. The first-order valence-corrected chi connectivity index (χ1v) is 8.89. The molecule has 3 rings (SSSR count). The van der Waals surface area contributed by atoms with Gasteiger partial charge in [0.15, 0.2) is 6.61 Å². The van der Waals surface area contributed by atoms with Gasteiger partial charge < -0.3 is 15.0 Å². The van der Waals surface area contributed by atoms with Crippen LogP contribution < -0.4 is 15.0 Å². The molecule has 1 aromatic heterocycles. The van der Waals surface area contributed by atoms with E-state index in [1.165, 1.54) is 0 Å². The molecule has 8 heteroatoms. The van der Waals surface area contributed by atoms with Crippen LogP contribution in [0.25, 0.3) is 0 Å². The van der Waals surface area contributed by atoms with Gasteiger partial charge in [0, 0.05) is 30.9 Å². The maximum Gasteiger partial charge on any atom is 0.262 e. The van der Waals surface area contributed by atoms with E-state index in [0.29, 0.717) is 11.9 Å². The van der Waals surface area contributed by atoms with Gasteiger partial charge in [-0.3, -0.25) is 4.79 Å². The Morgan fingerprint density at radius 1 is 1.26 bits per heavy atom. The number of carbonyl (C=O) groups excluding carboxylic acids is 1. The molecule has 1 N–H and O–H groups in total. The largest absolute Gasteiger partial charge is 0.467 e. The number of benzene rings is 1. The first-order chi connectivity index (χ1) is 12.9. The number of aryl methyl sites for hydroxylation is 1. The van der Waals surface area contributed by atoms with E-state index in [4.69, 9.17) is 4.74 Å². The van der Waals surface area contributed by atoms with E-state index in [2.05, 4.69) is 27.1 Å². The van der Waals surface area contributed by atoms with Crippen LogP contribution in [0.4, 0.5) is 20.4 Å². The topological polar surface area (TPSA) is 67.3 Å². The van der Waals surface area contributed by atoms with Crippen molar-refractivity contribution in [2.45, 2.75) is 26.7 Å². The van der Waals surface area contributed by atoms with Crippen molar-refractivity contribution in [2.24, 2.45) is 5.92 Å². The average Bonchev–Trinajstić information content (AvgIpc) is 2.63. The number of ether oxygens (including phenoxy) is 1. The van der Waals surface area contributed by atoms with Crippen molar-refractivity contribution in [3.63, 3.8) is 0 Å². The van der Waals surface area contributed by atoms with Crippen LogP contribution in [0, 0.1) is 24.5 Å². The van der Waals surface area contributed by atoms with Crippen LogP contribution in [-0.4, -0.2) is 35.6 Å². The highest BCUT2D eigenvalue weighted by Gasteiger charge is 2.19. The molecule has 1 aromatic carbocycles. The molecule has 0 unspecified atom stereocenters. The highest BCUT2D eigenvalue weighted by Crippen LogP contribution is 2.22. The van der Waals surface area contributed by atoms with Crippen LogP contribution in [0.5, 0.6) is 5.88 Å². The van der Waals surface area contributed by atoms with Gasteiger partial charge in [-0.25, -0.2) is 13.8 Å². The lowest BCUT2D eigenvalue weighted by Crippen LogP contribution is -2.34. The van der Waals surface area contributed by atoms with Crippen LogP contribution >= 0.6 is 0 Å². The molecule has 1 amide bonds. The van der Waals surface area contributed by atoms with Crippen molar-refractivity contribution in [2.75, 3.05) is 29.9 Å². The number of nitrogens with one attached hydrogen (secondary N) is 1. The minimum absolute atomic E-state index is 0.231. The first kappa shape index (κ1) is 19.0. The monoisotopic (exact) mass is 376 g/mol. The fourth-order valence-electron chi connectivity index (χ4n) is 2.87. The standard InChI is InChI=1S/C19H22F2N4O2/c1-12-5-7-25(8-6-12)19-22-13(2)9-18(24-19)27-11-17(26)23-16-10-14(20)3-4-15(16)21/h3-4,9-10,12H,5-8,11H2,1-2H3,(H,23,26). The SMILES string of the molecule is Cc1cc(OCC(=O)Nc2cc(F)ccc2F)nc(N2CCC(C)CC2)n1. The number of anilines is 2. The summed E-state index contributed by atoms with van der Waals surface area (Å²) in [4.78, 5) is 22.9. The molecule has 0 bridgehead atoms. The summed E-state index contributed by atoms with van der Waals surface area (Å²) in [7, 11) is 0. The Morgan fingerprint density at radius 2 is 2.00 bits per heavy atom. The third-order valence-corrected chi connectivity index (χ3v) is 4.44. The minimum Gasteiger partial charge on any atom is -0.467 e. The van der Waals surface area contributed by atoms with Crippen molar-refractivity contribution in [1.29, 1.82) is 0 Å². The van der Waals surface area contributed by atoms with Crippen LogP contribution in [-0.2, 0) is 4.79 Å². The van der Waals surface area contributed by atoms with Gasteiger partial charge >= 0.3 is 0 Å². The number of nitrogens with zero attached hydrogens (tertiary/aromatic N) is 3. The van der Waals surface area contributed by atoms with Gasteiger partial charge in [-0.1, -0.05) is 6.92 Å². The van der Waals surface area contributed by atoms with Gasteiger partial charge in [0.05, 0.1) is 5.69 Å². The zero-order chi connectivity index (χ0) is 19.4. The zero-order valence-corrected chi connectivity index (χ0v) is 15.3. The number of piperidine rings is 1. The second-order valence-corrected chi connectivity index (χ2v) is 6.78. The minimum atomic E-state index is -0.718.